The summed E-state index contributed by atoms with van der Waals surface area (Å²) in [7, 11) is -3.40. The maximum absolute atomic E-state index is 10.7. The fourth-order valence-corrected chi connectivity index (χ4v) is 2.02. The minimum Gasteiger partial charge on any atom is -0.228 e. The molecule has 0 atom stereocenters. The number of hydrogen-bond donors (Lipinski definition) is 1. The first-order valence-electron chi connectivity index (χ1n) is 3.65. The molecule has 1 aromatic rings. The van der Waals surface area contributed by atoms with E-state index in [4.69, 9.17) is 5.14 Å². The second-order valence-corrected chi connectivity index (χ2v) is 5.15. The number of primary sulfonamides is 1. The summed E-state index contributed by atoms with van der Waals surface area (Å²) in [6.45, 7) is 0. The Morgan fingerprint density at radius 3 is 2.23 bits per heavy atom. The van der Waals surface area contributed by atoms with Gasteiger partial charge in [0.2, 0.25) is 10.0 Å². The van der Waals surface area contributed by atoms with Crippen LogP contribution in [0.4, 0.5) is 0 Å². The van der Waals surface area contributed by atoms with E-state index in [2.05, 4.69) is 0 Å². The van der Waals surface area contributed by atoms with Gasteiger partial charge in [0.25, 0.3) is 0 Å². The molecule has 0 spiro atoms. The predicted octanol–water partition coefficient (Wildman–Crippen LogP) is 1.20. The highest BCUT2D eigenvalue weighted by Gasteiger charge is 2.03. The number of rotatable bonds is 3. The first-order valence-corrected chi connectivity index (χ1v) is 6.59. The highest BCUT2D eigenvalue weighted by atomic mass is 32.2. The average molecular weight is 217 g/mol. The number of sulfonamides is 1. The molecule has 0 saturated heterocycles. The SMILES string of the molecule is CSc1ccc(CS(N)(=O)=O)cc1. The van der Waals surface area contributed by atoms with E-state index in [1.54, 1.807) is 23.9 Å². The molecule has 5 heteroatoms. The van der Waals surface area contributed by atoms with Gasteiger partial charge in [-0.15, -0.1) is 11.8 Å². The van der Waals surface area contributed by atoms with Gasteiger partial charge in [0.05, 0.1) is 5.75 Å². The van der Waals surface area contributed by atoms with E-state index in [0.29, 0.717) is 0 Å². The molecular weight excluding hydrogens is 206 g/mol. The molecule has 0 saturated carbocycles. The van der Waals surface area contributed by atoms with Crippen LogP contribution in [0.1, 0.15) is 5.56 Å². The molecule has 0 unspecified atom stereocenters. The van der Waals surface area contributed by atoms with E-state index in [1.807, 2.05) is 18.4 Å². The molecule has 72 valence electrons. The second-order valence-electron chi connectivity index (χ2n) is 2.66. The van der Waals surface area contributed by atoms with E-state index in [1.165, 1.54) is 0 Å². The number of hydrogen-bond acceptors (Lipinski definition) is 3. The van der Waals surface area contributed by atoms with Crippen molar-refractivity contribution < 1.29 is 8.42 Å². The van der Waals surface area contributed by atoms with Gasteiger partial charge in [0.1, 0.15) is 0 Å². The molecular formula is C8H11NO2S2. The maximum atomic E-state index is 10.7. The predicted molar refractivity (Wildman–Crippen MR) is 55.0 cm³/mol. The Labute approximate surface area is 82.4 Å². The van der Waals surface area contributed by atoms with E-state index in [-0.39, 0.29) is 5.75 Å². The van der Waals surface area contributed by atoms with Crippen LogP contribution in [0.15, 0.2) is 29.2 Å². The molecule has 3 nitrogen and oxygen atoms in total. The van der Waals surface area contributed by atoms with Gasteiger partial charge >= 0.3 is 0 Å². The van der Waals surface area contributed by atoms with Crippen molar-refractivity contribution in [1.82, 2.24) is 0 Å². The standard InChI is InChI=1S/C8H11NO2S2/c1-12-8-4-2-7(3-5-8)6-13(9,10)11/h2-5H,6H2,1H3,(H2,9,10,11). The molecule has 0 aliphatic carbocycles. The first-order chi connectivity index (χ1) is 6.01. The summed E-state index contributed by atoms with van der Waals surface area (Å²) in [4.78, 5) is 1.11. The van der Waals surface area contributed by atoms with Crippen LogP contribution >= 0.6 is 11.8 Å². The fourth-order valence-electron chi connectivity index (χ4n) is 0.954. The molecule has 0 aromatic heterocycles. The Bertz CT molecular complexity index is 370. The lowest BCUT2D eigenvalue weighted by atomic mass is 10.2. The van der Waals surface area contributed by atoms with Gasteiger partial charge in [-0.05, 0) is 24.0 Å². The lowest BCUT2D eigenvalue weighted by Crippen LogP contribution is -2.14. The Balaban J connectivity index is 2.81. The monoisotopic (exact) mass is 217 g/mol. The molecule has 0 radical (unpaired) electrons. The molecule has 0 bridgehead atoms. The van der Waals surface area contributed by atoms with Gasteiger partial charge in [-0.2, -0.15) is 0 Å². The third-order valence-corrected chi connectivity index (χ3v) is 3.01. The first kappa shape index (κ1) is 10.6. The summed E-state index contributed by atoms with van der Waals surface area (Å²) in [5, 5.41) is 4.91. The molecule has 0 amide bonds. The zero-order valence-electron chi connectivity index (χ0n) is 7.23. The van der Waals surface area contributed by atoms with Gasteiger partial charge in [-0.3, -0.25) is 0 Å². The van der Waals surface area contributed by atoms with Crippen molar-refractivity contribution in [3.63, 3.8) is 0 Å². The number of benzene rings is 1. The van der Waals surface area contributed by atoms with Crippen LogP contribution in [0, 0.1) is 0 Å². The minimum atomic E-state index is -3.40. The van der Waals surface area contributed by atoms with Gasteiger partial charge in [-0.25, -0.2) is 13.6 Å². The van der Waals surface area contributed by atoms with Crippen molar-refractivity contribution >= 4 is 21.8 Å². The molecule has 0 aliphatic rings. The Hall–Kier alpha value is -0.520. The molecule has 2 N–H and O–H groups in total. The summed E-state index contributed by atoms with van der Waals surface area (Å²) in [6.07, 6.45) is 1.97. The fraction of sp³-hybridized carbons (Fsp3) is 0.250. The molecule has 1 rings (SSSR count). The Morgan fingerprint density at radius 1 is 1.31 bits per heavy atom. The van der Waals surface area contributed by atoms with Crippen molar-refractivity contribution in [2.45, 2.75) is 10.6 Å². The lowest BCUT2D eigenvalue weighted by molar-refractivity contribution is 0.597. The summed E-state index contributed by atoms with van der Waals surface area (Å²) >= 11 is 1.61. The van der Waals surface area contributed by atoms with Crippen LogP contribution in [0.2, 0.25) is 0 Å². The van der Waals surface area contributed by atoms with Crippen molar-refractivity contribution in [1.29, 1.82) is 0 Å². The van der Waals surface area contributed by atoms with E-state index in [9.17, 15) is 8.42 Å². The highest BCUT2D eigenvalue weighted by Crippen LogP contribution is 2.15. The minimum absolute atomic E-state index is 0.0956. The molecule has 0 fully saturated rings. The molecule has 13 heavy (non-hydrogen) atoms. The quantitative estimate of drug-likeness (QED) is 0.774. The smallest absolute Gasteiger partial charge is 0.213 e. The van der Waals surface area contributed by atoms with Crippen molar-refractivity contribution in [2.75, 3.05) is 6.26 Å². The summed E-state index contributed by atoms with van der Waals surface area (Å²) in [6, 6.07) is 7.31. The van der Waals surface area contributed by atoms with Gasteiger partial charge in [0.15, 0.2) is 0 Å². The van der Waals surface area contributed by atoms with E-state index < -0.39 is 10.0 Å². The maximum Gasteiger partial charge on any atom is 0.213 e. The van der Waals surface area contributed by atoms with Crippen LogP contribution in [0.25, 0.3) is 0 Å². The van der Waals surface area contributed by atoms with Crippen molar-refractivity contribution in [2.24, 2.45) is 5.14 Å². The van der Waals surface area contributed by atoms with Crippen molar-refractivity contribution in [3.05, 3.63) is 29.8 Å². The Kier molecular flexibility index (Phi) is 3.35. The van der Waals surface area contributed by atoms with Gasteiger partial charge < -0.3 is 0 Å². The van der Waals surface area contributed by atoms with E-state index >= 15 is 0 Å². The number of nitrogens with two attached hydrogens (primary N) is 1. The van der Waals surface area contributed by atoms with Gasteiger partial charge in [0, 0.05) is 4.90 Å². The lowest BCUT2D eigenvalue weighted by Gasteiger charge is -2.00. The zero-order chi connectivity index (χ0) is 9.90. The third-order valence-electron chi connectivity index (χ3n) is 1.53. The van der Waals surface area contributed by atoms with Crippen LogP contribution < -0.4 is 5.14 Å². The Morgan fingerprint density at radius 2 is 1.85 bits per heavy atom. The van der Waals surface area contributed by atoms with E-state index in [0.717, 1.165) is 10.5 Å². The van der Waals surface area contributed by atoms with Crippen LogP contribution in [-0.4, -0.2) is 14.7 Å². The normalized spacial score (nSPS) is 11.5. The largest absolute Gasteiger partial charge is 0.228 e. The molecule has 1 aromatic carbocycles. The van der Waals surface area contributed by atoms with Crippen molar-refractivity contribution in [3.8, 4) is 0 Å². The number of thioether (sulfide) groups is 1. The summed E-state index contributed by atoms with van der Waals surface area (Å²) in [5.74, 6) is -0.0956. The highest BCUT2D eigenvalue weighted by molar-refractivity contribution is 7.98. The molecule has 0 aliphatic heterocycles. The topological polar surface area (TPSA) is 60.2 Å². The van der Waals surface area contributed by atoms with Gasteiger partial charge in [-0.1, -0.05) is 12.1 Å². The summed E-state index contributed by atoms with van der Waals surface area (Å²) < 4.78 is 21.5. The zero-order valence-corrected chi connectivity index (χ0v) is 8.86. The molecule has 0 heterocycles. The third kappa shape index (κ3) is 3.80. The van der Waals surface area contributed by atoms with Crippen LogP contribution in [0.5, 0.6) is 0 Å². The second kappa shape index (κ2) is 4.13. The van der Waals surface area contributed by atoms with Crippen LogP contribution in [-0.2, 0) is 15.8 Å². The average Bonchev–Trinajstić information content (AvgIpc) is 2.03. The van der Waals surface area contributed by atoms with Crippen LogP contribution in [0.3, 0.4) is 0 Å². The summed E-state index contributed by atoms with van der Waals surface area (Å²) in [5.41, 5.74) is 0.723.